The zero-order valence-corrected chi connectivity index (χ0v) is 16.2. The quantitative estimate of drug-likeness (QED) is 0.806. The Morgan fingerprint density at radius 3 is 2.69 bits per heavy atom. The van der Waals surface area contributed by atoms with E-state index < -0.39 is 6.61 Å². The molecule has 7 nitrogen and oxygen atoms in total. The SMILES string of the molecule is CC(C)OC(=O)N1CCC(Nc2c(C#N)cnc3ccc(OC(F)F)cc23)CC1. The Morgan fingerprint density at radius 1 is 1.34 bits per heavy atom. The minimum atomic E-state index is -2.94. The fraction of sp³-hybridized carbons (Fsp3) is 0.450. The van der Waals surface area contributed by atoms with Crippen molar-refractivity contribution in [3.05, 3.63) is 30.0 Å². The van der Waals surface area contributed by atoms with E-state index in [2.05, 4.69) is 21.1 Å². The number of nitrogens with zero attached hydrogens (tertiary/aromatic N) is 3. The molecule has 29 heavy (non-hydrogen) atoms. The summed E-state index contributed by atoms with van der Waals surface area (Å²) in [5.74, 6) is -0.00121. The lowest BCUT2D eigenvalue weighted by atomic mass is 10.0. The van der Waals surface area contributed by atoms with Gasteiger partial charge in [-0.25, -0.2) is 4.79 Å². The van der Waals surface area contributed by atoms with Gasteiger partial charge in [0.1, 0.15) is 11.8 Å². The van der Waals surface area contributed by atoms with Crippen LogP contribution in [0.5, 0.6) is 5.75 Å². The first kappa shape index (κ1) is 20.6. The number of halogens is 2. The van der Waals surface area contributed by atoms with Gasteiger partial charge in [-0.15, -0.1) is 0 Å². The molecule has 0 bridgehead atoms. The van der Waals surface area contributed by atoms with Crippen LogP contribution in [0.25, 0.3) is 10.9 Å². The predicted octanol–water partition coefficient (Wildman–Crippen LogP) is 4.13. The Hall–Kier alpha value is -3.15. The number of ether oxygens (including phenoxy) is 2. The second-order valence-electron chi connectivity index (χ2n) is 7.05. The molecule has 0 spiro atoms. The zero-order valence-electron chi connectivity index (χ0n) is 16.2. The highest BCUT2D eigenvalue weighted by Gasteiger charge is 2.25. The maximum absolute atomic E-state index is 12.6. The van der Waals surface area contributed by atoms with Crippen molar-refractivity contribution in [1.29, 1.82) is 5.26 Å². The number of carbonyl (C=O) groups excluding carboxylic acids is 1. The molecule has 1 aromatic heterocycles. The van der Waals surface area contributed by atoms with E-state index in [1.807, 2.05) is 0 Å². The number of anilines is 1. The molecule has 0 radical (unpaired) electrons. The minimum Gasteiger partial charge on any atom is -0.447 e. The number of aromatic nitrogens is 1. The van der Waals surface area contributed by atoms with Crippen molar-refractivity contribution in [3.8, 4) is 11.8 Å². The molecule has 1 fully saturated rings. The van der Waals surface area contributed by atoms with Gasteiger partial charge >= 0.3 is 12.7 Å². The number of piperidine rings is 1. The lowest BCUT2D eigenvalue weighted by molar-refractivity contribution is -0.0497. The van der Waals surface area contributed by atoms with Crippen molar-refractivity contribution in [2.75, 3.05) is 18.4 Å². The number of nitriles is 1. The smallest absolute Gasteiger partial charge is 0.410 e. The van der Waals surface area contributed by atoms with Crippen molar-refractivity contribution in [3.63, 3.8) is 0 Å². The number of hydrogen-bond donors (Lipinski definition) is 1. The highest BCUT2D eigenvalue weighted by atomic mass is 19.3. The van der Waals surface area contributed by atoms with Gasteiger partial charge in [0.2, 0.25) is 0 Å². The number of hydrogen-bond acceptors (Lipinski definition) is 6. The first-order valence-electron chi connectivity index (χ1n) is 9.37. The zero-order chi connectivity index (χ0) is 21.0. The molecule has 0 saturated carbocycles. The van der Waals surface area contributed by atoms with E-state index in [1.54, 1.807) is 24.8 Å². The summed E-state index contributed by atoms with van der Waals surface area (Å²) in [4.78, 5) is 17.9. The van der Waals surface area contributed by atoms with E-state index in [9.17, 15) is 18.8 Å². The molecule has 3 rings (SSSR count). The first-order chi connectivity index (χ1) is 13.9. The molecule has 1 aromatic carbocycles. The van der Waals surface area contributed by atoms with E-state index in [0.29, 0.717) is 48.1 Å². The normalized spacial score (nSPS) is 14.9. The molecular formula is C20H22F2N4O3. The van der Waals surface area contributed by atoms with E-state index >= 15 is 0 Å². The van der Waals surface area contributed by atoms with Crippen LogP contribution in [0.2, 0.25) is 0 Å². The van der Waals surface area contributed by atoms with Crippen LogP contribution in [-0.2, 0) is 4.74 Å². The molecule has 1 aliphatic rings. The highest BCUT2D eigenvalue weighted by molar-refractivity contribution is 5.95. The van der Waals surface area contributed by atoms with Gasteiger partial charge in [0.05, 0.1) is 22.9 Å². The lowest BCUT2D eigenvalue weighted by Crippen LogP contribution is -2.43. The molecule has 1 amide bonds. The summed E-state index contributed by atoms with van der Waals surface area (Å²) in [5.41, 5.74) is 1.40. The third-order valence-electron chi connectivity index (χ3n) is 4.62. The topological polar surface area (TPSA) is 87.5 Å². The number of nitrogens with one attached hydrogen (secondary N) is 1. The van der Waals surface area contributed by atoms with Gasteiger partial charge in [-0.3, -0.25) is 4.98 Å². The molecular weight excluding hydrogens is 382 g/mol. The maximum atomic E-state index is 12.6. The standard InChI is InChI=1S/C20H22F2N4O3/c1-12(2)28-20(27)26-7-5-14(6-8-26)25-18-13(10-23)11-24-17-4-3-15(9-16(17)18)29-19(21)22/h3-4,9,11-12,14,19H,5-8H2,1-2H3,(H,24,25). The van der Waals surface area contributed by atoms with Crippen LogP contribution in [-0.4, -0.2) is 47.8 Å². The first-order valence-corrected chi connectivity index (χ1v) is 9.37. The van der Waals surface area contributed by atoms with Crippen molar-refractivity contribution >= 4 is 22.7 Å². The molecule has 2 aromatic rings. The van der Waals surface area contributed by atoms with Gasteiger partial charge in [-0.05, 0) is 44.9 Å². The van der Waals surface area contributed by atoms with Gasteiger partial charge in [-0.2, -0.15) is 14.0 Å². The average Bonchev–Trinajstić information content (AvgIpc) is 2.68. The van der Waals surface area contributed by atoms with Crippen molar-refractivity contribution < 1.29 is 23.0 Å². The molecule has 0 aliphatic carbocycles. The van der Waals surface area contributed by atoms with E-state index in [1.165, 1.54) is 18.3 Å². The van der Waals surface area contributed by atoms with Gasteiger partial charge in [-0.1, -0.05) is 0 Å². The largest absolute Gasteiger partial charge is 0.447 e. The summed E-state index contributed by atoms with van der Waals surface area (Å²) in [7, 11) is 0. The minimum absolute atomic E-state index is 0.00121. The number of rotatable bonds is 5. The molecule has 1 N–H and O–H groups in total. The summed E-state index contributed by atoms with van der Waals surface area (Å²) < 4.78 is 34.8. The Bertz CT molecular complexity index is 922. The second kappa shape index (κ2) is 8.90. The number of alkyl halides is 2. The van der Waals surface area contributed by atoms with E-state index in [4.69, 9.17) is 4.74 Å². The van der Waals surface area contributed by atoms with E-state index in [0.717, 1.165) is 0 Å². The third kappa shape index (κ3) is 5.02. The number of likely N-dealkylation sites (tertiary alicyclic amines) is 1. The lowest BCUT2D eigenvalue weighted by Gasteiger charge is -2.33. The number of fused-ring (bicyclic) bond motifs is 1. The second-order valence-corrected chi connectivity index (χ2v) is 7.05. The fourth-order valence-electron chi connectivity index (χ4n) is 3.27. The monoisotopic (exact) mass is 404 g/mol. The number of pyridine rings is 1. The Balaban J connectivity index is 1.79. The van der Waals surface area contributed by atoms with Crippen LogP contribution in [0, 0.1) is 11.3 Å². The Kier molecular flexibility index (Phi) is 6.32. The Labute approximate surface area is 167 Å². The van der Waals surface area contributed by atoms with Crippen LogP contribution in [0.4, 0.5) is 19.3 Å². The highest BCUT2D eigenvalue weighted by Crippen LogP contribution is 2.31. The number of benzene rings is 1. The van der Waals surface area contributed by atoms with E-state index in [-0.39, 0.29) is 24.0 Å². The van der Waals surface area contributed by atoms with Gasteiger partial charge in [0.15, 0.2) is 0 Å². The predicted molar refractivity (Wildman–Crippen MR) is 103 cm³/mol. The van der Waals surface area contributed by atoms with Crippen LogP contribution in [0.3, 0.4) is 0 Å². The van der Waals surface area contributed by atoms with Crippen molar-refractivity contribution in [2.45, 2.75) is 45.4 Å². The fourth-order valence-corrected chi connectivity index (χ4v) is 3.27. The molecule has 154 valence electrons. The van der Waals surface area contributed by atoms with Gasteiger partial charge in [0.25, 0.3) is 0 Å². The van der Waals surface area contributed by atoms with Crippen LogP contribution in [0.15, 0.2) is 24.4 Å². The maximum Gasteiger partial charge on any atom is 0.410 e. The van der Waals surface area contributed by atoms with Gasteiger partial charge < -0.3 is 19.7 Å². The summed E-state index contributed by atoms with van der Waals surface area (Å²) in [6, 6.07) is 6.53. The summed E-state index contributed by atoms with van der Waals surface area (Å²) in [6.07, 6.45) is 2.26. The van der Waals surface area contributed by atoms with Crippen LogP contribution < -0.4 is 10.1 Å². The molecule has 1 aliphatic heterocycles. The molecule has 0 atom stereocenters. The molecule has 2 heterocycles. The summed E-state index contributed by atoms with van der Waals surface area (Å²) in [6.45, 7) is 1.71. The van der Waals surface area contributed by atoms with Crippen LogP contribution in [0.1, 0.15) is 32.3 Å². The van der Waals surface area contributed by atoms with Gasteiger partial charge in [0, 0.05) is 30.7 Å². The number of amides is 1. The third-order valence-corrected chi connectivity index (χ3v) is 4.62. The summed E-state index contributed by atoms with van der Waals surface area (Å²) in [5, 5.41) is 13.3. The number of carbonyl (C=O) groups is 1. The Morgan fingerprint density at radius 2 is 2.07 bits per heavy atom. The van der Waals surface area contributed by atoms with Crippen molar-refractivity contribution in [1.82, 2.24) is 9.88 Å². The molecule has 0 unspecified atom stereocenters. The molecule has 9 heteroatoms. The average molecular weight is 404 g/mol. The molecule has 1 saturated heterocycles. The van der Waals surface area contributed by atoms with Crippen molar-refractivity contribution in [2.24, 2.45) is 0 Å². The van der Waals surface area contributed by atoms with Crippen LogP contribution >= 0.6 is 0 Å². The summed E-state index contributed by atoms with van der Waals surface area (Å²) >= 11 is 0.